The van der Waals surface area contributed by atoms with Crippen LogP contribution in [-0.4, -0.2) is 32.5 Å². The summed E-state index contributed by atoms with van der Waals surface area (Å²) in [6, 6.07) is 21.5. The number of anilines is 1. The first kappa shape index (κ1) is 20.4. The number of nitrogens with one attached hydrogen (secondary N) is 1. The van der Waals surface area contributed by atoms with Gasteiger partial charge in [-0.1, -0.05) is 54.2 Å². The van der Waals surface area contributed by atoms with Crippen LogP contribution in [0.2, 0.25) is 0 Å². The first-order valence-corrected chi connectivity index (χ1v) is 11.2. The Labute approximate surface area is 189 Å². The lowest BCUT2D eigenvalue weighted by molar-refractivity contribution is -0.115. The minimum atomic E-state index is -0.363. The molecular weight excluding hydrogens is 424 g/mol. The summed E-state index contributed by atoms with van der Waals surface area (Å²) >= 11 is 1.35. The number of aromatic nitrogens is 3. The topological polar surface area (TPSA) is 78.3 Å². The van der Waals surface area contributed by atoms with Crippen LogP contribution in [0.25, 0.3) is 10.8 Å². The maximum Gasteiger partial charge on any atom is 0.237 e. The molecule has 3 aromatic carbocycles. The number of thioether (sulfide) groups is 1. The number of nitrogens with zero attached hydrogens (tertiary/aromatic N) is 3. The number of para-hydroxylation sites is 2. The molecule has 1 aromatic heterocycles. The molecule has 0 spiro atoms. The van der Waals surface area contributed by atoms with E-state index in [0.717, 1.165) is 22.2 Å². The summed E-state index contributed by atoms with van der Waals surface area (Å²) in [6.45, 7) is 2.21. The predicted octanol–water partition coefficient (Wildman–Crippen LogP) is 4.60. The number of carbonyl (C=O) groups is 1. The van der Waals surface area contributed by atoms with E-state index in [0.29, 0.717) is 23.3 Å². The summed E-state index contributed by atoms with van der Waals surface area (Å²) in [5.41, 5.74) is 0.770. The second kappa shape index (κ2) is 8.55. The van der Waals surface area contributed by atoms with Gasteiger partial charge in [-0.25, -0.2) is 0 Å². The predicted molar refractivity (Wildman–Crippen MR) is 124 cm³/mol. The van der Waals surface area contributed by atoms with Crippen LogP contribution in [-0.2, 0) is 11.8 Å². The molecule has 1 aliphatic heterocycles. The Morgan fingerprint density at radius 3 is 2.66 bits per heavy atom. The molecule has 1 aliphatic rings. The number of ether oxygens (including phenoxy) is 2. The van der Waals surface area contributed by atoms with Gasteiger partial charge >= 0.3 is 0 Å². The van der Waals surface area contributed by atoms with Gasteiger partial charge in [0.15, 0.2) is 28.6 Å². The van der Waals surface area contributed by atoms with Crippen molar-refractivity contribution in [2.24, 2.45) is 7.05 Å². The van der Waals surface area contributed by atoms with Crippen molar-refractivity contribution in [3.63, 3.8) is 0 Å². The van der Waals surface area contributed by atoms with Crippen LogP contribution in [0, 0.1) is 0 Å². The quantitative estimate of drug-likeness (QED) is 0.452. The van der Waals surface area contributed by atoms with Crippen LogP contribution in [0.5, 0.6) is 11.5 Å². The minimum absolute atomic E-state index is 0.0963. The van der Waals surface area contributed by atoms with Crippen molar-refractivity contribution in [1.82, 2.24) is 14.8 Å². The molecule has 4 aromatic rings. The zero-order valence-corrected chi connectivity index (χ0v) is 18.5. The normalized spacial score (nSPS) is 16.0. The molecule has 8 heteroatoms. The zero-order valence-electron chi connectivity index (χ0n) is 17.7. The Morgan fingerprint density at radius 1 is 1.06 bits per heavy atom. The van der Waals surface area contributed by atoms with Crippen molar-refractivity contribution in [3.8, 4) is 11.5 Å². The van der Waals surface area contributed by atoms with Crippen molar-refractivity contribution in [1.29, 1.82) is 0 Å². The van der Waals surface area contributed by atoms with Gasteiger partial charge in [-0.15, -0.1) is 10.2 Å². The monoisotopic (exact) mass is 446 g/mol. The van der Waals surface area contributed by atoms with Gasteiger partial charge in [-0.2, -0.15) is 0 Å². The average Bonchev–Trinajstić information content (AvgIpc) is 3.18. The summed E-state index contributed by atoms with van der Waals surface area (Å²) in [5.74, 6) is 1.97. The van der Waals surface area contributed by atoms with E-state index in [2.05, 4.69) is 15.5 Å². The van der Waals surface area contributed by atoms with E-state index in [4.69, 9.17) is 9.47 Å². The third-order valence-electron chi connectivity index (χ3n) is 5.33. The van der Waals surface area contributed by atoms with E-state index in [9.17, 15) is 4.79 Å². The molecule has 0 radical (unpaired) electrons. The van der Waals surface area contributed by atoms with Gasteiger partial charge in [-0.3, -0.25) is 4.79 Å². The number of hydrogen-bond acceptors (Lipinski definition) is 6. The molecular formula is C24H22N4O3S. The summed E-state index contributed by atoms with van der Waals surface area (Å²) in [5, 5.41) is 14.1. The maximum absolute atomic E-state index is 12.8. The Bertz CT molecular complexity index is 1290. The van der Waals surface area contributed by atoms with E-state index >= 15 is 0 Å². The highest BCUT2D eigenvalue weighted by molar-refractivity contribution is 8.00. The molecule has 0 unspecified atom stereocenters. The molecule has 162 valence electrons. The molecule has 0 aliphatic carbocycles. The molecule has 2 atom stereocenters. The molecule has 0 saturated heterocycles. The van der Waals surface area contributed by atoms with Gasteiger partial charge in [0, 0.05) is 12.7 Å². The average molecular weight is 447 g/mol. The minimum Gasteiger partial charge on any atom is -0.485 e. The first-order valence-electron chi connectivity index (χ1n) is 10.3. The highest BCUT2D eigenvalue weighted by Crippen LogP contribution is 2.36. The van der Waals surface area contributed by atoms with E-state index in [1.807, 2.05) is 85.3 Å². The second-order valence-corrected chi connectivity index (χ2v) is 8.88. The second-order valence-electron chi connectivity index (χ2n) is 7.58. The third kappa shape index (κ3) is 4.01. The molecule has 0 fully saturated rings. The number of rotatable bonds is 5. The lowest BCUT2D eigenvalue weighted by Crippen LogP contribution is -2.25. The number of fused-ring (bicyclic) bond motifs is 2. The SMILES string of the molecule is C[C@@H](Sc1nnc([C@H]2COc3ccccc3O2)n1C)C(=O)Nc1ccc2ccccc2c1. The van der Waals surface area contributed by atoms with E-state index in [1.165, 1.54) is 11.8 Å². The van der Waals surface area contributed by atoms with E-state index in [1.54, 1.807) is 0 Å². The van der Waals surface area contributed by atoms with Crippen molar-refractivity contribution in [2.45, 2.75) is 23.4 Å². The molecule has 1 amide bonds. The van der Waals surface area contributed by atoms with Crippen LogP contribution in [0.3, 0.4) is 0 Å². The van der Waals surface area contributed by atoms with E-state index < -0.39 is 0 Å². The number of benzene rings is 3. The number of carbonyl (C=O) groups excluding carboxylic acids is 1. The Balaban J connectivity index is 1.26. The van der Waals surface area contributed by atoms with Crippen LogP contribution in [0.4, 0.5) is 5.69 Å². The Hall–Kier alpha value is -3.52. The standard InChI is InChI=1S/C24H22N4O3S/c1-15(23(29)25-18-12-11-16-7-3-4-8-17(16)13-18)32-24-27-26-22(28(24)2)21-14-30-19-9-5-6-10-20(19)31-21/h3-13,15,21H,14H2,1-2H3,(H,25,29)/t15-,21-/m1/s1. The molecule has 1 N–H and O–H groups in total. The van der Waals surface area contributed by atoms with Crippen LogP contribution >= 0.6 is 11.8 Å². The largest absolute Gasteiger partial charge is 0.485 e. The smallest absolute Gasteiger partial charge is 0.237 e. The van der Waals surface area contributed by atoms with Crippen molar-refractivity contribution >= 4 is 34.1 Å². The third-order valence-corrected chi connectivity index (χ3v) is 6.47. The van der Waals surface area contributed by atoms with Crippen molar-refractivity contribution < 1.29 is 14.3 Å². The molecule has 7 nitrogen and oxygen atoms in total. The van der Waals surface area contributed by atoms with Gasteiger partial charge < -0.3 is 19.4 Å². The van der Waals surface area contributed by atoms with Gasteiger partial charge in [0.2, 0.25) is 5.91 Å². The van der Waals surface area contributed by atoms with Crippen molar-refractivity contribution in [2.75, 3.05) is 11.9 Å². The summed E-state index contributed by atoms with van der Waals surface area (Å²) in [6.07, 6.45) is -0.363. The fraction of sp³-hybridized carbons (Fsp3) is 0.208. The van der Waals surface area contributed by atoms with Crippen molar-refractivity contribution in [3.05, 3.63) is 72.6 Å². The van der Waals surface area contributed by atoms with Gasteiger partial charge in [0.25, 0.3) is 0 Å². The fourth-order valence-electron chi connectivity index (χ4n) is 3.58. The summed E-state index contributed by atoms with van der Waals surface area (Å²) < 4.78 is 13.7. The lowest BCUT2D eigenvalue weighted by Gasteiger charge is -2.25. The van der Waals surface area contributed by atoms with Crippen LogP contribution in [0.1, 0.15) is 18.9 Å². The number of amides is 1. The summed E-state index contributed by atoms with van der Waals surface area (Å²) in [4.78, 5) is 12.8. The van der Waals surface area contributed by atoms with Gasteiger partial charge in [0.05, 0.1) is 5.25 Å². The fourth-order valence-corrected chi connectivity index (χ4v) is 4.40. The highest BCUT2D eigenvalue weighted by Gasteiger charge is 2.28. The molecule has 0 saturated carbocycles. The maximum atomic E-state index is 12.8. The lowest BCUT2D eigenvalue weighted by atomic mass is 10.1. The van der Waals surface area contributed by atoms with E-state index in [-0.39, 0.29) is 17.3 Å². The summed E-state index contributed by atoms with van der Waals surface area (Å²) in [7, 11) is 1.87. The van der Waals surface area contributed by atoms with Gasteiger partial charge in [-0.05, 0) is 42.0 Å². The number of hydrogen-bond donors (Lipinski definition) is 1. The molecule has 32 heavy (non-hydrogen) atoms. The molecule has 0 bridgehead atoms. The first-order chi connectivity index (χ1) is 15.6. The Morgan fingerprint density at radius 2 is 1.81 bits per heavy atom. The van der Waals surface area contributed by atoms with Gasteiger partial charge in [0.1, 0.15) is 6.61 Å². The zero-order chi connectivity index (χ0) is 22.1. The molecule has 2 heterocycles. The highest BCUT2D eigenvalue weighted by atomic mass is 32.2. The van der Waals surface area contributed by atoms with Crippen LogP contribution in [0.15, 0.2) is 71.9 Å². The molecule has 5 rings (SSSR count). The Kier molecular flexibility index (Phi) is 5.45. The van der Waals surface area contributed by atoms with Crippen LogP contribution < -0.4 is 14.8 Å².